The van der Waals surface area contributed by atoms with Crippen LogP contribution >= 0.6 is 0 Å². The van der Waals surface area contributed by atoms with Crippen LogP contribution in [0, 0.1) is 0 Å². The Balaban J connectivity index is 1.54. The van der Waals surface area contributed by atoms with Crippen LogP contribution in [0.1, 0.15) is 18.3 Å². The summed E-state index contributed by atoms with van der Waals surface area (Å²) in [4.78, 5) is 0. The molecule has 0 saturated carbocycles. The molecular weight excluding hydrogens is 316 g/mol. The minimum atomic E-state index is 0.655. The van der Waals surface area contributed by atoms with Gasteiger partial charge in [0, 0.05) is 37.3 Å². The van der Waals surface area contributed by atoms with Crippen LogP contribution in [0.3, 0.4) is 0 Å². The molecule has 128 valence electrons. The summed E-state index contributed by atoms with van der Waals surface area (Å²) >= 11 is 0. The second kappa shape index (κ2) is 6.52. The van der Waals surface area contributed by atoms with Crippen LogP contribution in [-0.4, -0.2) is 24.5 Å². The third kappa shape index (κ3) is 3.06. The fraction of sp³-hybridized carbons (Fsp3) is 0.278. The monoisotopic (exact) mass is 336 g/mol. The lowest BCUT2D eigenvalue weighted by Crippen LogP contribution is -2.16. The maximum atomic E-state index is 5.97. The predicted molar refractivity (Wildman–Crippen MR) is 94.7 cm³/mol. The van der Waals surface area contributed by atoms with Crippen LogP contribution in [-0.2, 0) is 26.7 Å². The number of hydrogen-bond donors (Lipinski definition) is 1. The molecule has 0 aliphatic carbocycles. The first-order valence-corrected chi connectivity index (χ1v) is 8.33. The molecule has 0 saturated heterocycles. The summed E-state index contributed by atoms with van der Waals surface area (Å²) in [6, 6.07) is 10.0. The molecule has 7 heteroatoms. The summed E-state index contributed by atoms with van der Waals surface area (Å²) in [5, 5.41) is 17.2. The van der Waals surface area contributed by atoms with E-state index in [1.54, 1.807) is 6.33 Å². The van der Waals surface area contributed by atoms with Gasteiger partial charge in [0.15, 0.2) is 5.76 Å². The quantitative estimate of drug-likeness (QED) is 0.586. The van der Waals surface area contributed by atoms with Crippen molar-refractivity contribution in [2.45, 2.75) is 26.6 Å². The summed E-state index contributed by atoms with van der Waals surface area (Å²) in [6.45, 7) is 4.27. The van der Waals surface area contributed by atoms with Gasteiger partial charge in [-0.2, -0.15) is 5.10 Å². The lowest BCUT2D eigenvalue weighted by molar-refractivity contribution is 0.608. The Bertz CT molecular complexity index is 963. The molecule has 3 aromatic heterocycles. The van der Waals surface area contributed by atoms with Crippen molar-refractivity contribution in [1.82, 2.24) is 29.9 Å². The average molecular weight is 336 g/mol. The van der Waals surface area contributed by atoms with Crippen molar-refractivity contribution < 1.29 is 4.42 Å². The van der Waals surface area contributed by atoms with Gasteiger partial charge in [-0.05, 0) is 19.1 Å². The van der Waals surface area contributed by atoms with E-state index in [-0.39, 0.29) is 0 Å². The number of aryl methyl sites for hydroxylation is 2. The molecule has 7 nitrogen and oxygen atoms in total. The fourth-order valence-corrected chi connectivity index (χ4v) is 2.96. The van der Waals surface area contributed by atoms with Gasteiger partial charge in [-0.25, -0.2) is 0 Å². The van der Waals surface area contributed by atoms with Crippen molar-refractivity contribution in [3.8, 4) is 11.5 Å². The highest BCUT2D eigenvalue weighted by Crippen LogP contribution is 2.28. The van der Waals surface area contributed by atoms with Crippen molar-refractivity contribution in [1.29, 1.82) is 0 Å². The number of para-hydroxylation sites is 1. The molecule has 1 N–H and O–H groups in total. The number of benzene rings is 1. The van der Waals surface area contributed by atoms with E-state index in [4.69, 9.17) is 4.42 Å². The zero-order chi connectivity index (χ0) is 17.2. The summed E-state index contributed by atoms with van der Waals surface area (Å²) in [6.07, 6.45) is 3.76. The zero-order valence-electron chi connectivity index (χ0n) is 14.3. The van der Waals surface area contributed by atoms with Gasteiger partial charge >= 0.3 is 0 Å². The highest BCUT2D eigenvalue weighted by atomic mass is 16.3. The van der Waals surface area contributed by atoms with E-state index in [0.717, 1.165) is 40.4 Å². The van der Waals surface area contributed by atoms with Crippen LogP contribution in [0.25, 0.3) is 22.4 Å². The molecule has 0 aliphatic heterocycles. The maximum absolute atomic E-state index is 5.97. The fourth-order valence-electron chi connectivity index (χ4n) is 2.96. The van der Waals surface area contributed by atoms with Gasteiger partial charge in [0.05, 0.1) is 6.54 Å². The Labute approximate surface area is 145 Å². The van der Waals surface area contributed by atoms with Crippen LogP contribution in [0.15, 0.2) is 47.3 Å². The number of aromatic nitrogens is 5. The first-order chi connectivity index (χ1) is 12.2. The third-order valence-electron chi connectivity index (χ3n) is 4.20. The van der Waals surface area contributed by atoms with Crippen molar-refractivity contribution >= 4 is 11.0 Å². The Morgan fingerprint density at radius 1 is 1.20 bits per heavy atom. The van der Waals surface area contributed by atoms with Crippen LogP contribution < -0.4 is 5.32 Å². The Morgan fingerprint density at radius 2 is 2.08 bits per heavy atom. The number of hydrogen-bond acceptors (Lipinski definition) is 5. The van der Waals surface area contributed by atoms with E-state index in [0.29, 0.717) is 13.1 Å². The van der Waals surface area contributed by atoms with E-state index >= 15 is 0 Å². The molecule has 0 bridgehead atoms. The van der Waals surface area contributed by atoms with Crippen LogP contribution in [0.4, 0.5) is 0 Å². The molecular formula is C18H20N6O. The Hall–Kier alpha value is -2.93. The van der Waals surface area contributed by atoms with E-state index in [2.05, 4.69) is 27.5 Å². The van der Waals surface area contributed by atoms with Crippen molar-refractivity contribution in [2.75, 3.05) is 0 Å². The molecule has 3 heterocycles. The zero-order valence-corrected chi connectivity index (χ0v) is 14.3. The van der Waals surface area contributed by atoms with E-state index in [9.17, 15) is 0 Å². The molecule has 0 atom stereocenters. The van der Waals surface area contributed by atoms with Crippen LogP contribution in [0.5, 0.6) is 0 Å². The molecule has 0 spiro atoms. The summed E-state index contributed by atoms with van der Waals surface area (Å²) in [5.41, 5.74) is 2.82. The lowest BCUT2D eigenvalue weighted by Gasteiger charge is -2.05. The number of fused-ring (bicyclic) bond motifs is 1. The molecule has 25 heavy (non-hydrogen) atoms. The summed E-state index contributed by atoms with van der Waals surface area (Å²) in [7, 11) is 1.92. The minimum Gasteiger partial charge on any atom is -0.454 e. The minimum absolute atomic E-state index is 0.655. The van der Waals surface area contributed by atoms with E-state index in [1.807, 2.05) is 52.8 Å². The van der Waals surface area contributed by atoms with Gasteiger partial charge < -0.3 is 14.3 Å². The summed E-state index contributed by atoms with van der Waals surface area (Å²) < 4.78 is 9.80. The normalized spacial score (nSPS) is 11.4. The van der Waals surface area contributed by atoms with Gasteiger partial charge in [0.1, 0.15) is 23.4 Å². The molecule has 0 fully saturated rings. The second-order valence-electron chi connectivity index (χ2n) is 5.96. The van der Waals surface area contributed by atoms with Crippen LogP contribution in [0.2, 0.25) is 0 Å². The smallest absolute Gasteiger partial charge is 0.156 e. The molecule has 0 unspecified atom stereocenters. The van der Waals surface area contributed by atoms with Crippen molar-refractivity contribution in [3.63, 3.8) is 0 Å². The Morgan fingerprint density at radius 3 is 2.92 bits per heavy atom. The number of furan rings is 1. The highest BCUT2D eigenvalue weighted by molar-refractivity contribution is 5.82. The van der Waals surface area contributed by atoms with Gasteiger partial charge in [-0.1, -0.05) is 18.2 Å². The number of rotatable bonds is 6. The van der Waals surface area contributed by atoms with Gasteiger partial charge in [-0.15, -0.1) is 10.2 Å². The standard InChI is InChI=1S/C18H20N6O/c1-3-24-12-20-21-17(24)10-19-9-14-11-23(2)22-18(14)16-8-13-6-4-5-7-15(13)25-16/h4-8,11-12,19H,3,9-10H2,1-2H3. The number of nitrogens with one attached hydrogen (secondary N) is 1. The summed E-state index contributed by atoms with van der Waals surface area (Å²) in [5.74, 6) is 1.71. The van der Waals surface area contributed by atoms with Gasteiger partial charge in [0.25, 0.3) is 0 Å². The Kier molecular flexibility index (Phi) is 4.07. The molecule has 0 amide bonds. The predicted octanol–water partition coefficient (Wildman–Crippen LogP) is 2.73. The molecule has 0 aliphatic rings. The first kappa shape index (κ1) is 15.6. The largest absolute Gasteiger partial charge is 0.454 e. The molecule has 4 aromatic rings. The molecule has 0 radical (unpaired) electrons. The van der Waals surface area contributed by atoms with Crippen molar-refractivity contribution in [3.05, 3.63) is 54.2 Å². The maximum Gasteiger partial charge on any atom is 0.156 e. The van der Waals surface area contributed by atoms with Gasteiger partial charge in [-0.3, -0.25) is 4.68 Å². The first-order valence-electron chi connectivity index (χ1n) is 8.33. The van der Waals surface area contributed by atoms with E-state index < -0.39 is 0 Å². The SMILES string of the molecule is CCn1cnnc1CNCc1cn(C)nc1-c1cc2ccccc2o1. The van der Waals surface area contributed by atoms with Crippen molar-refractivity contribution in [2.24, 2.45) is 7.05 Å². The van der Waals surface area contributed by atoms with Gasteiger partial charge in [0.2, 0.25) is 0 Å². The second-order valence-corrected chi connectivity index (χ2v) is 5.96. The molecule has 1 aromatic carbocycles. The molecule has 4 rings (SSSR count). The highest BCUT2D eigenvalue weighted by Gasteiger charge is 2.15. The topological polar surface area (TPSA) is 73.7 Å². The van der Waals surface area contributed by atoms with E-state index in [1.165, 1.54) is 0 Å². The number of nitrogens with zero attached hydrogens (tertiary/aromatic N) is 5. The average Bonchev–Trinajstić information content (AvgIpc) is 3.32. The lowest BCUT2D eigenvalue weighted by atomic mass is 10.2. The third-order valence-corrected chi connectivity index (χ3v) is 4.20.